The van der Waals surface area contributed by atoms with E-state index in [1.54, 1.807) is 45.3 Å². The lowest BCUT2D eigenvalue weighted by molar-refractivity contribution is -0.139. The second-order valence-corrected chi connectivity index (χ2v) is 9.40. The van der Waals surface area contributed by atoms with Gasteiger partial charge in [-0.05, 0) is 44.6 Å². The van der Waals surface area contributed by atoms with Crippen LogP contribution < -0.4 is 26.6 Å². The first-order chi connectivity index (χ1) is 18.0. The fourth-order valence-corrected chi connectivity index (χ4v) is 3.24. The van der Waals surface area contributed by atoms with Gasteiger partial charge in [-0.15, -0.1) is 0 Å². The van der Waals surface area contributed by atoms with Crippen LogP contribution >= 0.6 is 0 Å². The first kappa shape index (κ1) is 32.5. The topological polar surface area (TPSA) is 158 Å². The summed E-state index contributed by atoms with van der Waals surface area (Å²) in [5, 5.41) is 13.7. The highest BCUT2D eigenvalue weighted by atomic mass is 16.5. The zero-order chi connectivity index (χ0) is 28.7. The first-order valence-corrected chi connectivity index (χ1v) is 12.7. The summed E-state index contributed by atoms with van der Waals surface area (Å²) in [6.07, 6.45) is -0.414. The lowest BCUT2D eigenvalue weighted by Gasteiger charge is -2.16. The van der Waals surface area contributed by atoms with Crippen LogP contribution in [-0.4, -0.2) is 80.9 Å². The van der Waals surface area contributed by atoms with Crippen LogP contribution in [0.1, 0.15) is 39.7 Å². The van der Waals surface area contributed by atoms with Crippen molar-refractivity contribution in [2.45, 2.75) is 46.8 Å². The molecule has 212 valence electrons. The van der Waals surface area contributed by atoms with E-state index in [1.807, 2.05) is 6.92 Å². The number of amides is 5. The van der Waals surface area contributed by atoms with E-state index in [4.69, 9.17) is 4.74 Å². The predicted molar refractivity (Wildman–Crippen MR) is 144 cm³/mol. The van der Waals surface area contributed by atoms with Gasteiger partial charge in [0.2, 0.25) is 23.6 Å². The second-order valence-electron chi connectivity index (χ2n) is 9.40. The van der Waals surface area contributed by atoms with E-state index in [9.17, 15) is 24.0 Å². The Morgan fingerprint density at radius 1 is 1.00 bits per heavy atom. The summed E-state index contributed by atoms with van der Waals surface area (Å²) in [5.41, 5.74) is 1.41. The number of nitrogens with one attached hydrogen (secondary N) is 5. The number of carbonyl (C=O) groups excluding carboxylic acids is 5. The van der Waals surface area contributed by atoms with Gasteiger partial charge in [-0.2, -0.15) is 0 Å². The molecule has 5 amide bonds. The number of rotatable bonds is 12. The van der Waals surface area contributed by atoms with Crippen molar-refractivity contribution in [1.29, 1.82) is 0 Å². The van der Waals surface area contributed by atoms with Crippen LogP contribution in [0.4, 0.5) is 10.5 Å². The number of alkyl carbamates (subject to hydrolysis) is 1. The maximum atomic E-state index is 11.8. The zero-order valence-corrected chi connectivity index (χ0v) is 23.2. The van der Waals surface area contributed by atoms with Gasteiger partial charge in [0.15, 0.2) is 0 Å². The molecule has 1 heterocycles. The van der Waals surface area contributed by atoms with Crippen molar-refractivity contribution in [3.05, 3.63) is 29.8 Å². The molecule has 0 aromatic heterocycles. The van der Waals surface area contributed by atoms with Crippen molar-refractivity contribution in [1.82, 2.24) is 26.2 Å². The molecule has 0 saturated carbocycles. The molecule has 1 saturated heterocycles. The number of imide groups is 1. The predicted octanol–water partition coefficient (Wildman–Crippen LogP) is 0.832. The third-order valence-electron chi connectivity index (χ3n) is 5.75. The van der Waals surface area contributed by atoms with Crippen LogP contribution in [0.25, 0.3) is 0 Å². The van der Waals surface area contributed by atoms with Gasteiger partial charge in [-0.1, -0.05) is 32.9 Å². The summed E-state index contributed by atoms with van der Waals surface area (Å²) in [6.45, 7) is 8.86. The smallest absolute Gasteiger partial charge is 0.407 e. The molecule has 0 aliphatic carbocycles. The number of nitrogens with zero attached hydrogens (tertiary/aromatic N) is 1. The molecule has 5 N–H and O–H groups in total. The Hall–Kier alpha value is -3.51. The Kier molecular flexibility index (Phi) is 14.6. The van der Waals surface area contributed by atoms with E-state index in [2.05, 4.69) is 40.4 Å². The van der Waals surface area contributed by atoms with Crippen molar-refractivity contribution in [3.63, 3.8) is 0 Å². The van der Waals surface area contributed by atoms with Gasteiger partial charge in [0.25, 0.3) is 0 Å². The number of anilines is 1. The van der Waals surface area contributed by atoms with E-state index < -0.39 is 6.09 Å². The fraction of sp³-hybridized carbons (Fsp3) is 0.577. The Morgan fingerprint density at radius 3 is 2.13 bits per heavy atom. The minimum absolute atomic E-state index is 0.0636. The Balaban J connectivity index is 0.000000554. The minimum Gasteiger partial charge on any atom is -0.445 e. The van der Waals surface area contributed by atoms with Gasteiger partial charge in [-0.25, -0.2) is 4.79 Å². The monoisotopic (exact) mass is 534 g/mol. The molecule has 38 heavy (non-hydrogen) atoms. The average Bonchev–Trinajstić information content (AvgIpc) is 3.10. The molecule has 1 aromatic rings. The van der Waals surface area contributed by atoms with Crippen LogP contribution in [0.5, 0.6) is 0 Å². The molecule has 12 heteroatoms. The number of ether oxygens (including phenoxy) is 1. The summed E-state index contributed by atoms with van der Waals surface area (Å²) in [6, 6.07) is 7.18. The number of hydrogen-bond donors (Lipinski definition) is 5. The molecular formula is C26H42N6O6. The van der Waals surface area contributed by atoms with Gasteiger partial charge in [0.1, 0.15) is 6.61 Å². The van der Waals surface area contributed by atoms with Crippen LogP contribution in [0, 0.1) is 11.8 Å². The standard InChI is InChI=1S/C18H24N4O5.C8H18N2O/c1-12-9-16(24)22(17(12)25)8-7-20-18(26)27-11-13-3-5-14(6-4-13)21-15(23)10-19-2;1-6(2)7(3)10-8(11)5-9-4/h3-6,12,19H,7-11H2,1-2H3,(H,20,26)(H,21,23);6-7,9H,5H2,1-4H3,(H,10,11). The molecule has 12 nitrogen and oxygen atoms in total. The van der Waals surface area contributed by atoms with Gasteiger partial charge in [0.05, 0.1) is 13.1 Å². The summed E-state index contributed by atoms with van der Waals surface area (Å²) in [4.78, 5) is 58.7. The van der Waals surface area contributed by atoms with E-state index in [1.165, 1.54) is 0 Å². The Morgan fingerprint density at radius 2 is 1.61 bits per heavy atom. The highest BCUT2D eigenvalue weighted by Crippen LogP contribution is 2.17. The number of hydrogen-bond acceptors (Lipinski definition) is 8. The highest BCUT2D eigenvalue weighted by Gasteiger charge is 2.34. The van der Waals surface area contributed by atoms with E-state index in [-0.39, 0.29) is 68.3 Å². The fourth-order valence-electron chi connectivity index (χ4n) is 3.24. The summed E-state index contributed by atoms with van der Waals surface area (Å²) in [7, 11) is 3.45. The number of likely N-dealkylation sites (N-methyl/N-ethyl adjacent to an activating group) is 2. The normalized spacial score (nSPS) is 15.4. The average molecular weight is 535 g/mol. The summed E-state index contributed by atoms with van der Waals surface area (Å²) < 4.78 is 5.09. The number of carbonyl (C=O) groups is 5. The van der Waals surface area contributed by atoms with Gasteiger partial charge in [-0.3, -0.25) is 24.1 Å². The van der Waals surface area contributed by atoms with Crippen molar-refractivity contribution < 1.29 is 28.7 Å². The molecule has 1 aliphatic heterocycles. The number of benzene rings is 1. The highest BCUT2D eigenvalue weighted by molar-refractivity contribution is 6.03. The lowest BCUT2D eigenvalue weighted by Crippen LogP contribution is -2.40. The third-order valence-corrected chi connectivity index (χ3v) is 5.75. The van der Waals surface area contributed by atoms with Crippen LogP contribution in [0.3, 0.4) is 0 Å². The van der Waals surface area contributed by atoms with Crippen molar-refractivity contribution in [3.8, 4) is 0 Å². The molecular weight excluding hydrogens is 492 g/mol. The molecule has 2 rings (SSSR count). The van der Waals surface area contributed by atoms with Crippen LogP contribution in [0.15, 0.2) is 24.3 Å². The maximum absolute atomic E-state index is 11.8. The zero-order valence-electron chi connectivity index (χ0n) is 23.2. The van der Waals surface area contributed by atoms with Gasteiger partial charge in [0, 0.05) is 37.2 Å². The van der Waals surface area contributed by atoms with Gasteiger partial charge < -0.3 is 31.3 Å². The van der Waals surface area contributed by atoms with Crippen LogP contribution in [0.2, 0.25) is 0 Å². The van der Waals surface area contributed by atoms with Crippen molar-refractivity contribution in [2.24, 2.45) is 11.8 Å². The molecule has 0 spiro atoms. The van der Waals surface area contributed by atoms with E-state index >= 15 is 0 Å². The third kappa shape index (κ3) is 12.2. The first-order valence-electron chi connectivity index (χ1n) is 12.7. The summed E-state index contributed by atoms with van der Waals surface area (Å²) in [5.74, 6) is -0.313. The second kappa shape index (κ2) is 17.1. The van der Waals surface area contributed by atoms with Crippen LogP contribution in [-0.2, 0) is 30.5 Å². The maximum Gasteiger partial charge on any atom is 0.407 e. The lowest BCUT2D eigenvalue weighted by atomic mass is 10.1. The molecule has 1 aliphatic rings. The Bertz CT molecular complexity index is 937. The number of likely N-dealkylation sites (tertiary alicyclic amines) is 1. The molecule has 1 fully saturated rings. The molecule has 2 atom stereocenters. The molecule has 2 unspecified atom stereocenters. The van der Waals surface area contributed by atoms with Crippen molar-refractivity contribution >= 4 is 35.4 Å². The van der Waals surface area contributed by atoms with Crippen molar-refractivity contribution in [2.75, 3.05) is 45.6 Å². The Labute approximate surface area is 224 Å². The molecule has 0 bridgehead atoms. The largest absolute Gasteiger partial charge is 0.445 e. The minimum atomic E-state index is -0.631. The molecule has 1 aromatic carbocycles. The van der Waals surface area contributed by atoms with E-state index in [0.29, 0.717) is 18.2 Å². The SMILES string of the molecule is CNCC(=O)NC(C)C(C)C.CNCC(=O)Nc1ccc(COC(=O)NCCN2C(=O)CC(C)C2=O)cc1. The van der Waals surface area contributed by atoms with E-state index in [0.717, 1.165) is 10.5 Å². The van der Waals surface area contributed by atoms with Gasteiger partial charge >= 0.3 is 6.09 Å². The summed E-state index contributed by atoms with van der Waals surface area (Å²) >= 11 is 0. The molecule has 0 radical (unpaired) electrons. The quantitative estimate of drug-likeness (QED) is 0.247.